The molecule has 1 aliphatic rings. The third kappa shape index (κ3) is 2.54. The average molecular weight is 320 g/mol. The van der Waals surface area contributed by atoms with Gasteiger partial charge in [-0.25, -0.2) is 0 Å². The first-order valence-electron chi connectivity index (χ1n) is 6.10. The zero-order valence-corrected chi connectivity index (χ0v) is 12.1. The molecule has 0 saturated heterocycles. The summed E-state index contributed by atoms with van der Waals surface area (Å²) < 4.78 is 12.2. The Hall–Kier alpha value is -1.68. The zero-order chi connectivity index (χ0) is 13.2. The normalized spacial score (nSPS) is 17.1. The minimum absolute atomic E-state index is 0.0274. The standard InChI is InChI=1S/C15H14BrNO2/c1-18-12-5-2-10(3-6-12)15-9-17-13-8-11(16)4-7-14(13)19-15/h2-8,15,17H,9H2,1H3. The Morgan fingerprint density at radius 3 is 2.74 bits per heavy atom. The number of methoxy groups -OCH3 is 1. The van der Waals surface area contributed by atoms with E-state index in [0.717, 1.165) is 33.8 Å². The fourth-order valence-corrected chi connectivity index (χ4v) is 2.51. The second kappa shape index (κ2) is 5.13. The molecule has 0 saturated carbocycles. The maximum atomic E-state index is 6.02. The van der Waals surface area contributed by atoms with Gasteiger partial charge in [-0.1, -0.05) is 28.1 Å². The van der Waals surface area contributed by atoms with Crippen LogP contribution < -0.4 is 14.8 Å². The van der Waals surface area contributed by atoms with Crippen LogP contribution in [0.4, 0.5) is 5.69 Å². The van der Waals surface area contributed by atoms with Crippen molar-refractivity contribution in [3.63, 3.8) is 0 Å². The van der Waals surface area contributed by atoms with E-state index in [1.807, 2.05) is 42.5 Å². The van der Waals surface area contributed by atoms with Crippen molar-refractivity contribution in [2.75, 3.05) is 19.0 Å². The van der Waals surface area contributed by atoms with E-state index in [2.05, 4.69) is 21.2 Å². The van der Waals surface area contributed by atoms with Gasteiger partial charge in [0.2, 0.25) is 0 Å². The number of rotatable bonds is 2. The van der Waals surface area contributed by atoms with Crippen LogP contribution in [0.3, 0.4) is 0 Å². The zero-order valence-electron chi connectivity index (χ0n) is 10.5. The molecule has 1 atom stereocenters. The van der Waals surface area contributed by atoms with Gasteiger partial charge in [0.1, 0.15) is 17.6 Å². The molecule has 2 aromatic carbocycles. The lowest BCUT2D eigenvalue weighted by atomic mass is 10.1. The predicted molar refractivity (Wildman–Crippen MR) is 79.0 cm³/mol. The number of hydrogen-bond donors (Lipinski definition) is 1. The first-order valence-corrected chi connectivity index (χ1v) is 6.89. The third-order valence-electron chi connectivity index (χ3n) is 3.18. The number of fused-ring (bicyclic) bond motifs is 1. The fraction of sp³-hybridized carbons (Fsp3) is 0.200. The van der Waals surface area contributed by atoms with Gasteiger partial charge in [-0.2, -0.15) is 0 Å². The van der Waals surface area contributed by atoms with E-state index >= 15 is 0 Å². The average Bonchev–Trinajstić information content (AvgIpc) is 2.47. The van der Waals surface area contributed by atoms with Crippen molar-refractivity contribution in [3.05, 3.63) is 52.5 Å². The number of halogens is 1. The van der Waals surface area contributed by atoms with E-state index in [4.69, 9.17) is 9.47 Å². The van der Waals surface area contributed by atoms with Gasteiger partial charge in [0.25, 0.3) is 0 Å². The van der Waals surface area contributed by atoms with Crippen LogP contribution in [0.1, 0.15) is 11.7 Å². The molecule has 0 aliphatic carbocycles. The maximum Gasteiger partial charge on any atom is 0.143 e. The number of anilines is 1. The van der Waals surface area contributed by atoms with Gasteiger partial charge in [0.05, 0.1) is 19.3 Å². The molecule has 4 heteroatoms. The summed E-state index contributed by atoms with van der Waals surface area (Å²) in [4.78, 5) is 0. The van der Waals surface area contributed by atoms with E-state index < -0.39 is 0 Å². The van der Waals surface area contributed by atoms with Crippen LogP contribution in [-0.4, -0.2) is 13.7 Å². The van der Waals surface area contributed by atoms with Gasteiger partial charge in [-0.05, 0) is 35.9 Å². The highest BCUT2D eigenvalue weighted by atomic mass is 79.9. The van der Waals surface area contributed by atoms with Crippen molar-refractivity contribution in [1.29, 1.82) is 0 Å². The van der Waals surface area contributed by atoms with E-state index in [0.29, 0.717) is 0 Å². The summed E-state index contributed by atoms with van der Waals surface area (Å²) in [5, 5.41) is 3.39. The summed E-state index contributed by atoms with van der Waals surface area (Å²) >= 11 is 3.46. The molecule has 98 valence electrons. The van der Waals surface area contributed by atoms with Crippen LogP contribution in [0.2, 0.25) is 0 Å². The molecular weight excluding hydrogens is 306 g/mol. The Labute approximate surface area is 120 Å². The minimum Gasteiger partial charge on any atom is -0.497 e. The largest absolute Gasteiger partial charge is 0.497 e. The van der Waals surface area contributed by atoms with Gasteiger partial charge in [0.15, 0.2) is 0 Å². The molecule has 1 heterocycles. The molecule has 0 bridgehead atoms. The second-order valence-electron chi connectivity index (χ2n) is 4.40. The highest BCUT2D eigenvalue weighted by Gasteiger charge is 2.20. The van der Waals surface area contributed by atoms with E-state index in [1.54, 1.807) is 7.11 Å². The van der Waals surface area contributed by atoms with Crippen LogP contribution >= 0.6 is 15.9 Å². The summed E-state index contributed by atoms with van der Waals surface area (Å²) in [6.45, 7) is 0.760. The monoisotopic (exact) mass is 319 g/mol. The van der Waals surface area contributed by atoms with Gasteiger partial charge < -0.3 is 14.8 Å². The van der Waals surface area contributed by atoms with Gasteiger partial charge in [-0.15, -0.1) is 0 Å². The number of hydrogen-bond acceptors (Lipinski definition) is 3. The van der Waals surface area contributed by atoms with Crippen molar-refractivity contribution < 1.29 is 9.47 Å². The lowest BCUT2D eigenvalue weighted by molar-refractivity contribution is 0.210. The highest BCUT2D eigenvalue weighted by Crippen LogP contribution is 2.36. The predicted octanol–water partition coefficient (Wildman–Crippen LogP) is 4.00. The summed E-state index contributed by atoms with van der Waals surface area (Å²) in [5.74, 6) is 1.74. The summed E-state index contributed by atoms with van der Waals surface area (Å²) in [6.07, 6.45) is 0.0274. The van der Waals surface area contributed by atoms with Gasteiger partial charge >= 0.3 is 0 Å². The van der Waals surface area contributed by atoms with E-state index in [9.17, 15) is 0 Å². The molecule has 0 radical (unpaired) electrons. The third-order valence-corrected chi connectivity index (χ3v) is 3.67. The molecule has 1 unspecified atom stereocenters. The maximum absolute atomic E-state index is 6.02. The number of benzene rings is 2. The summed E-state index contributed by atoms with van der Waals surface area (Å²) in [5.41, 5.74) is 2.17. The Morgan fingerprint density at radius 2 is 2.00 bits per heavy atom. The molecule has 0 fully saturated rings. The van der Waals surface area contributed by atoms with E-state index in [-0.39, 0.29) is 6.10 Å². The van der Waals surface area contributed by atoms with Crippen LogP contribution in [0.25, 0.3) is 0 Å². The Kier molecular flexibility index (Phi) is 3.34. The molecule has 3 nitrogen and oxygen atoms in total. The van der Waals surface area contributed by atoms with Crippen molar-refractivity contribution in [3.8, 4) is 11.5 Å². The molecule has 1 N–H and O–H groups in total. The summed E-state index contributed by atoms with van der Waals surface area (Å²) in [6, 6.07) is 14.0. The van der Waals surface area contributed by atoms with Crippen molar-refractivity contribution in [2.24, 2.45) is 0 Å². The highest BCUT2D eigenvalue weighted by molar-refractivity contribution is 9.10. The van der Waals surface area contributed by atoms with Crippen LogP contribution in [0.5, 0.6) is 11.5 Å². The number of nitrogens with one attached hydrogen (secondary N) is 1. The van der Waals surface area contributed by atoms with Crippen LogP contribution in [0.15, 0.2) is 46.9 Å². The lowest BCUT2D eigenvalue weighted by Gasteiger charge is -2.27. The van der Waals surface area contributed by atoms with Crippen molar-refractivity contribution in [1.82, 2.24) is 0 Å². The summed E-state index contributed by atoms with van der Waals surface area (Å²) in [7, 11) is 1.67. The molecule has 0 amide bonds. The SMILES string of the molecule is COc1ccc(C2CNc3cc(Br)ccc3O2)cc1. The molecule has 3 rings (SSSR count). The first kappa shape index (κ1) is 12.4. The fourth-order valence-electron chi connectivity index (χ4n) is 2.15. The minimum atomic E-state index is 0.0274. The smallest absolute Gasteiger partial charge is 0.143 e. The Bertz CT molecular complexity index is 583. The lowest BCUT2D eigenvalue weighted by Crippen LogP contribution is -2.23. The van der Waals surface area contributed by atoms with Crippen molar-refractivity contribution in [2.45, 2.75) is 6.10 Å². The topological polar surface area (TPSA) is 30.5 Å². The Balaban J connectivity index is 1.82. The molecule has 1 aliphatic heterocycles. The second-order valence-corrected chi connectivity index (χ2v) is 5.32. The van der Waals surface area contributed by atoms with Crippen molar-refractivity contribution >= 4 is 21.6 Å². The molecule has 0 spiro atoms. The quantitative estimate of drug-likeness (QED) is 0.907. The first-order chi connectivity index (χ1) is 9.26. The molecular formula is C15H14BrNO2. The van der Waals surface area contributed by atoms with E-state index in [1.165, 1.54) is 0 Å². The van der Waals surface area contributed by atoms with Crippen LogP contribution in [0, 0.1) is 0 Å². The Morgan fingerprint density at radius 1 is 1.21 bits per heavy atom. The molecule has 0 aromatic heterocycles. The van der Waals surface area contributed by atoms with Gasteiger partial charge in [0, 0.05) is 4.47 Å². The molecule has 2 aromatic rings. The number of ether oxygens (including phenoxy) is 2. The molecule has 19 heavy (non-hydrogen) atoms. The van der Waals surface area contributed by atoms with Crippen LogP contribution in [-0.2, 0) is 0 Å². The van der Waals surface area contributed by atoms with Gasteiger partial charge in [-0.3, -0.25) is 0 Å².